The number of carbonyl (C=O) groups is 1. The lowest BCUT2D eigenvalue weighted by Crippen LogP contribution is -2.54. The van der Waals surface area contributed by atoms with Crippen LogP contribution < -0.4 is 10.6 Å². The van der Waals surface area contributed by atoms with Crippen molar-refractivity contribution in [1.82, 2.24) is 10.6 Å². The molecule has 1 rings (SSSR count). The van der Waals surface area contributed by atoms with Gasteiger partial charge >= 0.3 is 0 Å². The second-order valence-corrected chi connectivity index (χ2v) is 4.71. The molecule has 2 N–H and O–H groups in total. The molecule has 1 saturated heterocycles. The lowest BCUT2D eigenvalue weighted by atomic mass is 9.91. The minimum absolute atomic E-state index is 0.0366. The smallest absolute Gasteiger partial charge is 0.252 e. The number of piperidine rings is 1. The zero-order valence-corrected chi connectivity index (χ0v) is 11.4. The number of ether oxygens (including phenoxy) is 2. The Hall–Kier alpha value is -0.910. The summed E-state index contributed by atoms with van der Waals surface area (Å²) in [6, 6.07) is 0. The first-order valence-corrected chi connectivity index (χ1v) is 6.37. The van der Waals surface area contributed by atoms with Crippen molar-refractivity contribution in [2.24, 2.45) is 0 Å². The Balaban J connectivity index is 2.27. The van der Waals surface area contributed by atoms with Gasteiger partial charge in [0.1, 0.15) is 5.60 Å². The molecule has 0 unspecified atom stereocenters. The molecule has 5 nitrogen and oxygen atoms in total. The van der Waals surface area contributed by atoms with E-state index in [-0.39, 0.29) is 5.91 Å². The fourth-order valence-corrected chi connectivity index (χ4v) is 2.00. The number of amides is 1. The molecule has 1 aliphatic rings. The van der Waals surface area contributed by atoms with Crippen LogP contribution in [0.5, 0.6) is 0 Å². The van der Waals surface area contributed by atoms with Gasteiger partial charge in [-0.1, -0.05) is 12.2 Å². The maximum Gasteiger partial charge on any atom is 0.252 e. The van der Waals surface area contributed by atoms with Crippen molar-refractivity contribution < 1.29 is 14.3 Å². The second kappa shape index (κ2) is 7.51. The lowest BCUT2D eigenvalue weighted by molar-refractivity contribution is -0.146. The number of nitrogens with one attached hydrogen (secondary N) is 2. The van der Waals surface area contributed by atoms with Gasteiger partial charge in [0.05, 0.1) is 13.2 Å². The van der Waals surface area contributed by atoms with Crippen LogP contribution in [-0.4, -0.2) is 51.5 Å². The summed E-state index contributed by atoms with van der Waals surface area (Å²) in [5.41, 5.74) is 0.313. The number of hydrogen-bond donors (Lipinski definition) is 2. The van der Waals surface area contributed by atoms with Crippen LogP contribution in [0.4, 0.5) is 0 Å². The Labute approximate surface area is 109 Å². The van der Waals surface area contributed by atoms with Crippen LogP contribution in [0.15, 0.2) is 12.2 Å². The summed E-state index contributed by atoms with van der Waals surface area (Å²) in [5, 5.41) is 6.09. The number of methoxy groups -OCH3 is 1. The molecular formula is C13H24N2O3. The Bertz CT molecular complexity index is 286. The van der Waals surface area contributed by atoms with E-state index in [9.17, 15) is 4.79 Å². The third kappa shape index (κ3) is 4.40. The van der Waals surface area contributed by atoms with Gasteiger partial charge in [-0.2, -0.15) is 0 Å². The first-order valence-electron chi connectivity index (χ1n) is 6.37. The van der Waals surface area contributed by atoms with Crippen LogP contribution >= 0.6 is 0 Å². The molecule has 0 atom stereocenters. The molecular weight excluding hydrogens is 232 g/mol. The quantitative estimate of drug-likeness (QED) is 0.513. The third-order valence-corrected chi connectivity index (χ3v) is 3.10. The van der Waals surface area contributed by atoms with Crippen LogP contribution in [0.2, 0.25) is 0 Å². The molecule has 0 aliphatic carbocycles. The molecule has 1 fully saturated rings. The van der Waals surface area contributed by atoms with Gasteiger partial charge in [0.25, 0.3) is 5.91 Å². The summed E-state index contributed by atoms with van der Waals surface area (Å²) >= 11 is 0. The Kier molecular flexibility index (Phi) is 6.32. The van der Waals surface area contributed by atoms with Crippen molar-refractivity contribution in [3.05, 3.63) is 12.2 Å². The van der Waals surface area contributed by atoms with Crippen LogP contribution in [0, 0.1) is 0 Å². The van der Waals surface area contributed by atoms with Crippen LogP contribution in [0.25, 0.3) is 0 Å². The Morgan fingerprint density at radius 3 is 2.67 bits per heavy atom. The molecule has 1 amide bonds. The highest BCUT2D eigenvalue weighted by atomic mass is 16.5. The molecule has 1 aliphatic heterocycles. The topological polar surface area (TPSA) is 59.6 Å². The van der Waals surface area contributed by atoms with Crippen molar-refractivity contribution in [2.75, 3.05) is 40.0 Å². The largest absolute Gasteiger partial charge is 0.375 e. The van der Waals surface area contributed by atoms with Gasteiger partial charge in [-0.05, 0) is 32.9 Å². The van der Waals surface area contributed by atoms with Crippen LogP contribution in [-0.2, 0) is 14.3 Å². The van der Waals surface area contributed by atoms with Crippen molar-refractivity contribution in [3.8, 4) is 0 Å². The van der Waals surface area contributed by atoms with Crippen molar-refractivity contribution >= 4 is 5.91 Å². The second-order valence-electron chi connectivity index (χ2n) is 4.71. The maximum atomic E-state index is 12.1. The summed E-state index contributed by atoms with van der Waals surface area (Å²) in [4.78, 5) is 12.1. The Morgan fingerprint density at radius 2 is 2.11 bits per heavy atom. The predicted molar refractivity (Wildman–Crippen MR) is 70.5 cm³/mol. The summed E-state index contributed by atoms with van der Waals surface area (Å²) in [7, 11) is 1.60. The third-order valence-electron chi connectivity index (χ3n) is 3.10. The number of carbonyl (C=O) groups excluding carboxylic acids is 1. The molecule has 0 aromatic carbocycles. The molecule has 0 bridgehead atoms. The fraction of sp³-hybridized carbons (Fsp3) is 0.769. The summed E-state index contributed by atoms with van der Waals surface area (Å²) in [5.74, 6) is -0.0366. The van der Waals surface area contributed by atoms with E-state index in [2.05, 4.69) is 17.2 Å². The first kappa shape index (κ1) is 15.1. The normalized spacial score (nSPS) is 18.3. The maximum absolute atomic E-state index is 12.1. The summed E-state index contributed by atoms with van der Waals surface area (Å²) in [6.45, 7) is 8.82. The molecule has 18 heavy (non-hydrogen) atoms. The molecule has 0 spiro atoms. The van der Waals surface area contributed by atoms with E-state index < -0.39 is 5.60 Å². The van der Waals surface area contributed by atoms with Gasteiger partial charge in [-0.25, -0.2) is 0 Å². The minimum atomic E-state index is -0.667. The van der Waals surface area contributed by atoms with Gasteiger partial charge in [0, 0.05) is 13.7 Å². The highest BCUT2D eigenvalue weighted by Crippen LogP contribution is 2.22. The molecule has 0 aromatic rings. The highest BCUT2D eigenvalue weighted by molar-refractivity contribution is 5.85. The fourth-order valence-electron chi connectivity index (χ4n) is 2.00. The zero-order valence-electron chi connectivity index (χ0n) is 11.4. The van der Waals surface area contributed by atoms with Crippen LogP contribution in [0.1, 0.15) is 19.8 Å². The number of hydrogen-bond acceptors (Lipinski definition) is 4. The van der Waals surface area contributed by atoms with E-state index in [1.54, 1.807) is 7.11 Å². The Morgan fingerprint density at radius 1 is 1.44 bits per heavy atom. The van der Waals surface area contributed by atoms with E-state index in [1.807, 2.05) is 6.92 Å². The lowest BCUT2D eigenvalue weighted by Gasteiger charge is -2.34. The van der Waals surface area contributed by atoms with Gasteiger partial charge in [-0.15, -0.1) is 0 Å². The highest BCUT2D eigenvalue weighted by Gasteiger charge is 2.39. The minimum Gasteiger partial charge on any atom is -0.375 e. The summed E-state index contributed by atoms with van der Waals surface area (Å²) < 4.78 is 10.8. The average molecular weight is 256 g/mol. The monoisotopic (exact) mass is 256 g/mol. The molecule has 1 heterocycles. The van der Waals surface area contributed by atoms with Gasteiger partial charge in [0.15, 0.2) is 0 Å². The first-order chi connectivity index (χ1) is 8.60. The molecule has 104 valence electrons. The molecule has 0 saturated carbocycles. The van der Waals surface area contributed by atoms with Gasteiger partial charge < -0.3 is 20.1 Å². The number of rotatable bonds is 7. The SMILES string of the molecule is C=C(C)COCCNC(=O)C1(OC)CCNCC1. The van der Waals surface area contributed by atoms with Crippen molar-refractivity contribution in [2.45, 2.75) is 25.4 Å². The predicted octanol–water partition coefficient (Wildman–Crippen LogP) is 0.464. The van der Waals surface area contributed by atoms with E-state index in [0.29, 0.717) is 32.6 Å². The van der Waals surface area contributed by atoms with Gasteiger partial charge in [0.2, 0.25) is 0 Å². The molecule has 0 aromatic heterocycles. The molecule has 0 radical (unpaired) electrons. The van der Waals surface area contributed by atoms with Gasteiger partial charge in [-0.3, -0.25) is 4.79 Å². The van der Waals surface area contributed by atoms with E-state index in [1.165, 1.54) is 0 Å². The average Bonchev–Trinajstić information content (AvgIpc) is 2.38. The van der Waals surface area contributed by atoms with E-state index >= 15 is 0 Å². The standard InChI is InChI=1S/C13H24N2O3/c1-11(2)10-18-9-8-15-12(16)13(17-3)4-6-14-7-5-13/h14H,1,4-10H2,2-3H3,(H,15,16). The van der Waals surface area contributed by atoms with E-state index in [0.717, 1.165) is 18.7 Å². The summed E-state index contributed by atoms with van der Waals surface area (Å²) in [6.07, 6.45) is 1.42. The molecule has 5 heteroatoms. The van der Waals surface area contributed by atoms with Crippen LogP contribution in [0.3, 0.4) is 0 Å². The zero-order chi connectivity index (χ0) is 13.4. The van der Waals surface area contributed by atoms with E-state index in [4.69, 9.17) is 9.47 Å². The van der Waals surface area contributed by atoms with Crippen molar-refractivity contribution in [3.63, 3.8) is 0 Å². The van der Waals surface area contributed by atoms with Crippen molar-refractivity contribution in [1.29, 1.82) is 0 Å².